The number of benzene rings is 1. The highest BCUT2D eigenvalue weighted by atomic mass is 31.1. The van der Waals surface area contributed by atoms with Crippen molar-refractivity contribution in [3.63, 3.8) is 0 Å². The van der Waals surface area contributed by atoms with Gasteiger partial charge in [0.15, 0.2) is 6.19 Å². The van der Waals surface area contributed by atoms with E-state index in [4.69, 9.17) is 5.26 Å². The highest BCUT2D eigenvalue weighted by molar-refractivity contribution is 7.50. The van der Waals surface area contributed by atoms with Gasteiger partial charge < -0.3 is 0 Å². The van der Waals surface area contributed by atoms with Crippen molar-refractivity contribution in [3.8, 4) is 12.3 Å². The van der Waals surface area contributed by atoms with E-state index in [1.807, 2.05) is 58.2 Å². The monoisotopic (exact) mass is 389 g/mol. The molecule has 1 aromatic carbocycles. The van der Waals surface area contributed by atoms with Crippen LogP contribution < -0.4 is 0 Å². The molecule has 0 spiro atoms. The Labute approximate surface area is 171 Å². The first-order chi connectivity index (χ1) is 13.6. The maximum Gasteiger partial charge on any atom is 0.184 e. The molecule has 28 heavy (non-hydrogen) atoms. The van der Waals surface area contributed by atoms with E-state index in [9.17, 15) is 5.26 Å². The van der Waals surface area contributed by atoms with E-state index in [0.29, 0.717) is 14.1 Å². The Morgan fingerprint density at radius 2 is 1.96 bits per heavy atom. The molecule has 4 heteroatoms. The van der Waals surface area contributed by atoms with Crippen LogP contribution in [0.25, 0.3) is 5.31 Å². The zero-order chi connectivity index (χ0) is 20.9. The Balaban J connectivity index is 0.000000717. The van der Waals surface area contributed by atoms with Crippen LogP contribution in [0, 0.1) is 22.8 Å². The van der Waals surface area contributed by atoms with Crippen molar-refractivity contribution in [3.05, 3.63) is 89.7 Å². The number of nitriles is 2. The topological polar surface area (TPSA) is 50.8 Å². The van der Waals surface area contributed by atoms with Crippen molar-refractivity contribution >= 4 is 13.9 Å². The van der Waals surface area contributed by atoms with Gasteiger partial charge in [0.2, 0.25) is 0 Å². The lowest BCUT2D eigenvalue weighted by Gasteiger charge is -2.25. The molecule has 2 heterocycles. The molecule has 2 aliphatic heterocycles. The standard InChI is InChI=1S/C19H16N3P.C3H6.C2H6/c1-14-7-8-17(12-22(14)13-21)18-6-3-9-23-19(18)16-5-2-4-15(10-16)11-20;1-3-2;1-2/h2-8,10,12,14,23H,9H2,1H3;3H,1H2,2H3;1-2H3. The third-order valence-corrected chi connectivity index (χ3v) is 5.28. The minimum Gasteiger partial charge on any atom is -0.279 e. The summed E-state index contributed by atoms with van der Waals surface area (Å²) < 4.78 is 0. The Morgan fingerprint density at radius 1 is 1.25 bits per heavy atom. The Hall–Kier alpha value is -2.87. The fraction of sp³-hybridized carbons (Fsp3) is 0.250. The second-order valence-corrected chi connectivity index (χ2v) is 7.13. The van der Waals surface area contributed by atoms with E-state index in [-0.39, 0.29) is 6.04 Å². The van der Waals surface area contributed by atoms with Crippen LogP contribution in [0.4, 0.5) is 0 Å². The summed E-state index contributed by atoms with van der Waals surface area (Å²) in [5.74, 6) is 0. The van der Waals surface area contributed by atoms with E-state index in [0.717, 1.165) is 22.9 Å². The number of hydrogen-bond donors (Lipinski definition) is 0. The van der Waals surface area contributed by atoms with Gasteiger partial charge in [-0.05, 0) is 54.2 Å². The fourth-order valence-corrected chi connectivity index (χ4v) is 3.90. The molecule has 0 aliphatic carbocycles. The van der Waals surface area contributed by atoms with Crippen molar-refractivity contribution in [2.45, 2.75) is 33.7 Å². The Kier molecular flexibility index (Phi) is 10.3. The average molecular weight is 389 g/mol. The summed E-state index contributed by atoms with van der Waals surface area (Å²) in [6, 6.07) is 10.0. The lowest BCUT2D eigenvalue weighted by Crippen LogP contribution is -2.24. The van der Waals surface area contributed by atoms with Crippen LogP contribution in [0.5, 0.6) is 0 Å². The van der Waals surface area contributed by atoms with Crippen LogP contribution in [0.1, 0.15) is 38.8 Å². The van der Waals surface area contributed by atoms with Gasteiger partial charge in [-0.25, -0.2) is 0 Å². The van der Waals surface area contributed by atoms with Crippen LogP contribution in [0.15, 0.2) is 78.6 Å². The molecule has 2 unspecified atom stereocenters. The maximum absolute atomic E-state index is 9.26. The van der Waals surface area contributed by atoms with Gasteiger partial charge in [0, 0.05) is 6.20 Å². The predicted molar refractivity (Wildman–Crippen MR) is 122 cm³/mol. The average Bonchev–Trinajstić information content (AvgIpc) is 2.76. The maximum atomic E-state index is 9.26. The van der Waals surface area contributed by atoms with Crippen molar-refractivity contribution in [2.75, 3.05) is 6.16 Å². The van der Waals surface area contributed by atoms with Gasteiger partial charge in [-0.15, -0.1) is 6.58 Å². The van der Waals surface area contributed by atoms with Gasteiger partial charge in [-0.1, -0.05) is 64.9 Å². The van der Waals surface area contributed by atoms with Crippen LogP contribution in [0.3, 0.4) is 0 Å². The molecular weight excluding hydrogens is 361 g/mol. The van der Waals surface area contributed by atoms with Crippen molar-refractivity contribution in [1.29, 1.82) is 10.5 Å². The van der Waals surface area contributed by atoms with Gasteiger partial charge in [-0.2, -0.15) is 10.5 Å². The Bertz CT molecular complexity index is 876. The van der Waals surface area contributed by atoms with Gasteiger partial charge in [0.25, 0.3) is 0 Å². The molecule has 144 valence electrons. The predicted octanol–water partition coefficient (Wildman–Crippen LogP) is 6.36. The molecule has 0 bridgehead atoms. The highest BCUT2D eigenvalue weighted by Gasteiger charge is 2.18. The summed E-state index contributed by atoms with van der Waals surface area (Å²) in [5.41, 5.74) is 3.96. The molecule has 2 atom stereocenters. The van der Waals surface area contributed by atoms with Crippen molar-refractivity contribution in [1.82, 2.24) is 4.90 Å². The summed E-state index contributed by atoms with van der Waals surface area (Å²) >= 11 is 0. The summed E-state index contributed by atoms with van der Waals surface area (Å²) in [7, 11) is 0.667. The molecule has 0 amide bonds. The van der Waals surface area contributed by atoms with E-state index in [1.165, 1.54) is 5.31 Å². The largest absolute Gasteiger partial charge is 0.279 e. The van der Waals surface area contributed by atoms with Gasteiger partial charge in [0.1, 0.15) is 0 Å². The summed E-state index contributed by atoms with van der Waals surface area (Å²) in [4.78, 5) is 1.66. The van der Waals surface area contributed by atoms with Crippen LogP contribution in [0.2, 0.25) is 0 Å². The minimum absolute atomic E-state index is 0.0877. The van der Waals surface area contributed by atoms with Gasteiger partial charge in [0.05, 0.1) is 17.7 Å². The molecule has 2 aliphatic rings. The highest BCUT2D eigenvalue weighted by Crippen LogP contribution is 2.42. The van der Waals surface area contributed by atoms with Gasteiger partial charge in [-0.3, -0.25) is 4.90 Å². The van der Waals surface area contributed by atoms with Crippen LogP contribution in [-0.4, -0.2) is 17.1 Å². The summed E-state index contributed by atoms with van der Waals surface area (Å²) in [6.07, 6.45) is 15.3. The molecule has 0 saturated heterocycles. The number of allylic oxidation sites excluding steroid dienone is 6. The second-order valence-electron chi connectivity index (χ2n) is 5.86. The van der Waals surface area contributed by atoms with Crippen molar-refractivity contribution < 1.29 is 0 Å². The summed E-state index contributed by atoms with van der Waals surface area (Å²) in [5, 5.41) is 19.6. The first-order valence-electron chi connectivity index (χ1n) is 9.45. The molecule has 0 aromatic heterocycles. The second kappa shape index (κ2) is 12.5. The lowest BCUT2D eigenvalue weighted by atomic mass is 9.98. The fourth-order valence-electron chi connectivity index (χ4n) is 2.68. The minimum atomic E-state index is 0.0877. The SMILES string of the molecule is C=CC.CC.CC1C=CC(C2=C(c3cccc(C#N)c3)PCC=C2)=CN1C#N. The molecule has 0 radical (unpaired) electrons. The third kappa shape index (κ3) is 6.09. The molecule has 0 saturated carbocycles. The van der Waals surface area contributed by atoms with E-state index in [2.05, 4.69) is 43.1 Å². The molecule has 1 aromatic rings. The normalized spacial score (nSPS) is 18.0. The van der Waals surface area contributed by atoms with Crippen LogP contribution >= 0.6 is 8.58 Å². The molecular formula is C24H28N3P. The third-order valence-electron chi connectivity index (χ3n) is 3.93. The number of nitrogens with zero attached hydrogens (tertiary/aromatic N) is 3. The number of hydrogen-bond acceptors (Lipinski definition) is 3. The quantitative estimate of drug-likeness (QED) is 0.336. The smallest absolute Gasteiger partial charge is 0.184 e. The van der Waals surface area contributed by atoms with Crippen molar-refractivity contribution in [2.24, 2.45) is 0 Å². The van der Waals surface area contributed by atoms with Gasteiger partial charge >= 0.3 is 0 Å². The summed E-state index contributed by atoms with van der Waals surface area (Å²) in [6.45, 7) is 11.2. The van der Waals surface area contributed by atoms with E-state index in [1.54, 1.807) is 11.0 Å². The molecule has 3 nitrogen and oxygen atoms in total. The zero-order valence-corrected chi connectivity index (χ0v) is 18.1. The van der Waals surface area contributed by atoms with E-state index < -0.39 is 0 Å². The molecule has 0 N–H and O–H groups in total. The Morgan fingerprint density at radius 3 is 2.61 bits per heavy atom. The lowest BCUT2D eigenvalue weighted by molar-refractivity contribution is 0.461. The van der Waals surface area contributed by atoms with Crippen LogP contribution in [-0.2, 0) is 0 Å². The molecule has 0 fully saturated rings. The number of rotatable bonds is 2. The zero-order valence-electron chi connectivity index (χ0n) is 17.1. The molecule has 3 rings (SSSR count). The first kappa shape index (κ1) is 23.2. The first-order valence-corrected chi connectivity index (χ1v) is 10.7. The van der Waals surface area contributed by atoms with E-state index >= 15 is 0 Å².